The molecule has 60 heavy (non-hydrogen) atoms. The fraction of sp³-hybridized carbons (Fsp3) is 0. The number of aromatic nitrogens is 4. The molecule has 0 aliphatic heterocycles. The van der Waals surface area contributed by atoms with Crippen LogP contribution in [0.5, 0.6) is 0 Å². The molecule has 3 heterocycles. The first-order valence-electron chi connectivity index (χ1n) is 20.4. The summed E-state index contributed by atoms with van der Waals surface area (Å²) in [6, 6.07) is 78.0. The van der Waals surface area contributed by atoms with Crippen LogP contribution in [-0.2, 0) is 0 Å². The van der Waals surface area contributed by atoms with Gasteiger partial charge in [-0.05, 0) is 71.1 Å². The second-order valence-electron chi connectivity index (χ2n) is 15.4. The van der Waals surface area contributed by atoms with Crippen molar-refractivity contribution in [3.63, 3.8) is 0 Å². The van der Waals surface area contributed by atoms with Gasteiger partial charge >= 0.3 is 0 Å². The van der Waals surface area contributed by atoms with Gasteiger partial charge in [-0.15, -0.1) is 0 Å². The third-order valence-corrected chi connectivity index (χ3v) is 11.9. The lowest BCUT2D eigenvalue weighted by Gasteiger charge is -2.15. The van der Waals surface area contributed by atoms with Crippen LogP contribution in [0.15, 0.2) is 218 Å². The van der Waals surface area contributed by atoms with Crippen LogP contribution in [0.1, 0.15) is 0 Å². The molecule has 0 saturated heterocycles. The first-order chi connectivity index (χ1) is 29.7. The highest BCUT2D eigenvalue weighted by Gasteiger charge is 2.21. The summed E-state index contributed by atoms with van der Waals surface area (Å²) in [7, 11) is 0. The zero-order chi connectivity index (χ0) is 39.6. The van der Waals surface area contributed by atoms with Crippen LogP contribution in [-0.4, -0.2) is 19.1 Å². The lowest BCUT2D eigenvalue weighted by molar-refractivity contribution is 1.16. The third-order valence-electron chi connectivity index (χ3n) is 11.9. The van der Waals surface area contributed by atoms with Gasteiger partial charge in [-0.3, -0.25) is 0 Å². The lowest BCUT2D eigenvalue weighted by atomic mass is 10.0. The second kappa shape index (κ2) is 13.8. The van der Waals surface area contributed by atoms with Gasteiger partial charge in [0, 0.05) is 49.3 Å². The maximum atomic E-state index is 5.34. The van der Waals surface area contributed by atoms with Crippen molar-refractivity contribution >= 4 is 54.4 Å². The van der Waals surface area contributed by atoms with Gasteiger partial charge in [0.1, 0.15) is 0 Å². The van der Waals surface area contributed by atoms with Crippen LogP contribution in [0, 0.1) is 0 Å². The maximum absolute atomic E-state index is 5.34. The van der Waals surface area contributed by atoms with Crippen molar-refractivity contribution in [2.45, 2.75) is 0 Å². The van der Waals surface area contributed by atoms with Crippen LogP contribution < -0.4 is 0 Å². The minimum Gasteiger partial charge on any atom is -0.309 e. The summed E-state index contributed by atoms with van der Waals surface area (Å²) >= 11 is 0. The molecule has 0 aliphatic carbocycles. The predicted molar refractivity (Wildman–Crippen MR) is 250 cm³/mol. The molecule has 4 heteroatoms. The molecule has 0 spiro atoms. The molecule has 9 aromatic carbocycles. The summed E-state index contributed by atoms with van der Waals surface area (Å²) in [5, 5.41) is 7.18. The molecule has 4 nitrogen and oxygen atoms in total. The van der Waals surface area contributed by atoms with Crippen molar-refractivity contribution in [1.29, 1.82) is 0 Å². The van der Waals surface area contributed by atoms with Crippen LogP contribution in [0.2, 0.25) is 0 Å². The number of fused-ring (bicyclic) bond motifs is 7. The van der Waals surface area contributed by atoms with Gasteiger partial charge in [0.05, 0.1) is 39.1 Å². The van der Waals surface area contributed by atoms with Crippen molar-refractivity contribution in [2.75, 3.05) is 0 Å². The van der Waals surface area contributed by atoms with Gasteiger partial charge in [0.15, 0.2) is 5.82 Å². The average Bonchev–Trinajstić information content (AvgIpc) is 3.83. The molecule has 280 valence electrons. The summed E-state index contributed by atoms with van der Waals surface area (Å²) in [5.74, 6) is 0.679. The molecule has 0 atom stereocenters. The van der Waals surface area contributed by atoms with Gasteiger partial charge in [0.25, 0.3) is 0 Å². The highest BCUT2D eigenvalue weighted by Crippen LogP contribution is 2.42. The monoisotopic (exact) mass is 764 g/mol. The summed E-state index contributed by atoms with van der Waals surface area (Å²) < 4.78 is 4.85. The van der Waals surface area contributed by atoms with E-state index in [0.29, 0.717) is 5.82 Å². The number of nitrogens with zero attached hydrogens (tertiary/aromatic N) is 4. The molecule has 12 rings (SSSR count). The van der Waals surface area contributed by atoms with E-state index in [0.717, 1.165) is 61.3 Å². The summed E-state index contributed by atoms with van der Waals surface area (Å²) in [6.07, 6.45) is 0. The van der Waals surface area contributed by atoms with E-state index < -0.39 is 0 Å². The standard InChI is InChI=1S/C56H36N4/c1-4-16-37(17-5-1)38-28-30-40(31-29-38)50-35-49(39-18-6-2-7-19-39)57-56(58-50)42-32-41-20-10-11-23-44(41)53(33-42)60-52-27-15-13-25-46(52)48-34-47-45-24-12-14-26-51(45)59(54(47)36-55(48)60)43-21-8-3-9-22-43/h1-36H. The molecule has 12 aromatic rings. The lowest BCUT2D eigenvalue weighted by Crippen LogP contribution is -2.00. The van der Waals surface area contributed by atoms with E-state index in [9.17, 15) is 0 Å². The molecule has 0 fully saturated rings. The zero-order valence-electron chi connectivity index (χ0n) is 32.6. The van der Waals surface area contributed by atoms with Crippen LogP contribution >= 0.6 is 0 Å². The van der Waals surface area contributed by atoms with Crippen molar-refractivity contribution in [3.05, 3.63) is 218 Å². The Hall–Kier alpha value is -8.08. The van der Waals surface area contributed by atoms with E-state index in [2.05, 4.69) is 221 Å². The topological polar surface area (TPSA) is 35.6 Å². The molecular formula is C56H36N4. The van der Waals surface area contributed by atoms with Crippen LogP contribution in [0.3, 0.4) is 0 Å². The largest absolute Gasteiger partial charge is 0.309 e. The van der Waals surface area contributed by atoms with Crippen LogP contribution in [0.4, 0.5) is 0 Å². The molecule has 3 aromatic heterocycles. The highest BCUT2D eigenvalue weighted by molar-refractivity contribution is 6.19. The van der Waals surface area contributed by atoms with Gasteiger partial charge in [-0.25, -0.2) is 9.97 Å². The van der Waals surface area contributed by atoms with E-state index in [1.807, 2.05) is 6.07 Å². The minimum absolute atomic E-state index is 0.679. The molecule has 0 bridgehead atoms. The molecule has 0 N–H and O–H groups in total. The predicted octanol–water partition coefficient (Wildman–Crippen LogP) is 14.5. The first-order valence-corrected chi connectivity index (χ1v) is 20.4. The number of hydrogen-bond acceptors (Lipinski definition) is 2. The maximum Gasteiger partial charge on any atom is 0.160 e. The fourth-order valence-electron chi connectivity index (χ4n) is 9.10. The number of para-hydroxylation sites is 3. The van der Waals surface area contributed by atoms with E-state index in [-0.39, 0.29) is 0 Å². The van der Waals surface area contributed by atoms with Crippen molar-refractivity contribution in [3.8, 4) is 56.4 Å². The second-order valence-corrected chi connectivity index (χ2v) is 15.4. The Labute approximate surface area is 346 Å². The van der Waals surface area contributed by atoms with E-state index >= 15 is 0 Å². The number of rotatable bonds is 6. The number of benzene rings is 9. The highest BCUT2D eigenvalue weighted by atomic mass is 15.0. The Morgan fingerprint density at radius 1 is 0.283 bits per heavy atom. The summed E-state index contributed by atoms with van der Waals surface area (Å²) in [5.41, 5.74) is 14.0. The molecule has 0 unspecified atom stereocenters. The average molecular weight is 765 g/mol. The molecule has 0 amide bonds. The van der Waals surface area contributed by atoms with Gasteiger partial charge < -0.3 is 9.13 Å². The quantitative estimate of drug-likeness (QED) is 0.169. The van der Waals surface area contributed by atoms with Gasteiger partial charge in [-0.2, -0.15) is 0 Å². The van der Waals surface area contributed by atoms with Gasteiger partial charge in [-0.1, -0.05) is 164 Å². The van der Waals surface area contributed by atoms with E-state index in [1.54, 1.807) is 0 Å². The molecule has 0 saturated carbocycles. The van der Waals surface area contributed by atoms with Crippen molar-refractivity contribution in [1.82, 2.24) is 19.1 Å². The summed E-state index contributed by atoms with van der Waals surface area (Å²) in [6.45, 7) is 0. The Kier molecular flexibility index (Phi) is 7.82. The molecule has 0 aliphatic rings. The third kappa shape index (κ3) is 5.53. The van der Waals surface area contributed by atoms with Gasteiger partial charge in [0.2, 0.25) is 0 Å². The Morgan fingerprint density at radius 2 is 0.767 bits per heavy atom. The van der Waals surface area contributed by atoms with E-state index in [4.69, 9.17) is 9.97 Å². The summed E-state index contributed by atoms with van der Waals surface area (Å²) in [4.78, 5) is 10.6. The fourth-order valence-corrected chi connectivity index (χ4v) is 9.10. The zero-order valence-corrected chi connectivity index (χ0v) is 32.6. The first kappa shape index (κ1) is 34.0. The SMILES string of the molecule is c1ccc(-c2ccc(-c3cc(-c4ccccc4)nc(-c4cc(-n5c6ccccc6c6cc7c8ccccc8n(-c8ccccc8)c7cc65)c5ccccc5c4)n3)cc2)cc1. The number of hydrogen-bond donors (Lipinski definition) is 0. The van der Waals surface area contributed by atoms with Crippen molar-refractivity contribution in [2.24, 2.45) is 0 Å². The van der Waals surface area contributed by atoms with Crippen molar-refractivity contribution < 1.29 is 0 Å². The smallest absolute Gasteiger partial charge is 0.160 e. The Bertz CT molecular complexity index is 3570. The van der Waals surface area contributed by atoms with E-state index in [1.165, 1.54) is 43.7 Å². The molecule has 0 radical (unpaired) electrons. The van der Waals surface area contributed by atoms with Crippen LogP contribution in [0.25, 0.3) is 111 Å². The normalized spacial score (nSPS) is 11.7. The Morgan fingerprint density at radius 3 is 1.43 bits per heavy atom. The minimum atomic E-state index is 0.679. The Balaban J connectivity index is 1.11. The molecular weight excluding hydrogens is 729 g/mol.